The van der Waals surface area contributed by atoms with Crippen LogP contribution < -0.4 is 10.1 Å². The molecule has 7 nitrogen and oxygen atoms in total. The Bertz CT molecular complexity index is 940. The molecule has 0 radical (unpaired) electrons. The fraction of sp³-hybridized carbons (Fsp3) is 0.176. The molecule has 0 aliphatic carbocycles. The van der Waals surface area contributed by atoms with Crippen LogP contribution in [0.2, 0.25) is 0 Å². The third-order valence-electron chi connectivity index (χ3n) is 3.45. The van der Waals surface area contributed by atoms with Gasteiger partial charge in [-0.15, -0.1) is 0 Å². The molecule has 11 heteroatoms. The Hall–Kier alpha value is -3.50. The summed E-state index contributed by atoms with van der Waals surface area (Å²) in [6.45, 7) is -1.48. The van der Waals surface area contributed by atoms with Gasteiger partial charge >= 0.3 is 6.18 Å². The van der Waals surface area contributed by atoms with E-state index < -0.39 is 18.6 Å². The second-order valence-corrected chi connectivity index (χ2v) is 5.52. The summed E-state index contributed by atoms with van der Waals surface area (Å²) in [6.07, 6.45) is -1.07. The Morgan fingerprint density at radius 3 is 2.54 bits per heavy atom. The van der Waals surface area contributed by atoms with Crippen LogP contribution in [0, 0.1) is 5.82 Å². The van der Waals surface area contributed by atoms with Crippen LogP contribution in [0.3, 0.4) is 0 Å². The maximum Gasteiger partial charge on any atom is 0.405 e. The quantitative estimate of drug-likeness (QED) is 0.644. The van der Waals surface area contributed by atoms with Crippen molar-refractivity contribution in [3.8, 4) is 17.1 Å². The number of nitrogens with one attached hydrogen (secondary N) is 1. The predicted octanol–water partition coefficient (Wildman–Crippen LogP) is 3.14. The number of ether oxygens (including phenoxy) is 1. The average molecular weight is 396 g/mol. The number of hydrogen-bond acceptors (Lipinski definition) is 6. The third-order valence-corrected chi connectivity index (χ3v) is 3.45. The smallest absolute Gasteiger partial charge is 0.405 e. The van der Waals surface area contributed by atoms with Crippen molar-refractivity contribution in [3.05, 3.63) is 60.0 Å². The van der Waals surface area contributed by atoms with Crippen molar-refractivity contribution >= 4 is 5.91 Å². The van der Waals surface area contributed by atoms with Crippen molar-refractivity contribution < 1.29 is 31.6 Å². The van der Waals surface area contributed by atoms with Gasteiger partial charge in [0, 0.05) is 5.56 Å². The van der Waals surface area contributed by atoms with E-state index in [-0.39, 0.29) is 24.0 Å². The Balaban J connectivity index is 1.61. The summed E-state index contributed by atoms with van der Waals surface area (Å²) in [4.78, 5) is 19.1. The molecule has 146 valence electrons. The first-order chi connectivity index (χ1) is 13.3. The van der Waals surface area contributed by atoms with Gasteiger partial charge in [0.05, 0.1) is 18.0 Å². The molecule has 0 spiro atoms. The summed E-state index contributed by atoms with van der Waals surface area (Å²) < 4.78 is 59.7. The molecule has 0 bridgehead atoms. The van der Waals surface area contributed by atoms with Gasteiger partial charge in [0.2, 0.25) is 5.88 Å². The Morgan fingerprint density at radius 1 is 1.14 bits per heavy atom. The van der Waals surface area contributed by atoms with E-state index in [9.17, 15) is 22.4 Å². The lowest BCUT2D eigenvalue weighted by Gasteiger charge is -2.08. The number of benzene rings is 1. The van der Waals surface area contributed by atoms with Gasteiger partial charge in [-0.05, 0) is 24.3 Å². The molecule has 0 saturated heterocycles. The van der Waals surface area contributed by atoms with Gasteiger partial charge in [0.1, 0.15) is 36.6 Å². The SMILES string of the molecule is O=C(NCC(F)(F)F)c1cnc(OCc2conc2-c2ccc(F)cc2)cn1. The van der Waals surface area contributed by atoms with E-state index in [1.807, 2.05) is 0 Å². The lowest BCUT2D eigenvalue weighted by molar-refractivity contribution is -0.123. The third kappa shape index (κ3) is 5.02. The van der Waals surface area contributed by atoms with Gasteiger partial charge in [-0.25, -0.2) is 14.4 Å². The molecule has 0 aliphatic rings. The van der Waals surface area contributed by atoms with Gasteiger partial charge in [-0.2, -0.15) is 13.2 Å². The van der Waals surface area contributed by atoms with E-state index in [1.165, 1.54) is 30.5 Å². The minimum Gasteiger partial charge on any atom is -0.471 e. The van der Waals surface area contributed by atoms with Gasteiger partial charge in [-0.1, -0.05) is 5.16 Å². The van der Waals surface area contributed by atoms with Gasteiger partial charge in [0.15, 0.2) is 0 Å². The number of alkyl halides is 3. The first-order valence-electron chi connectivity index (χ1n) is 7.81. The molecule has 28 heavy (non-hydrogen) atoms. The molecule has 0 saturated carbocycles. The Morgan fingerprint density at radius 2 is 1.89 bits per heavy atom. The number of hydrogen-bond donors (Lipinski definition) is 1. The van der Waals surface area contributed by atoms with Crippen LogP contribution >= 0.6 is 0 Å². The topological polar surface area (TPSA) is 90.1 Å². The Labute approximate surface area is 155 Å². The number of amides is 1. The summed E-state index contributed by atoms with van der Waals surface area (Å²) in [5, 5.41) is 5.54. The largest absolute Gasteiger partial charge is 0.471 e. The molecule has 3 rings (SSSR count). The molecular weight excluding hydrogens is 384 g/mol. The van der Waals surface area contributed by atoms with Crippen LogP contribution in [0.15, 0.2) is 47.4 Å². The number of aromatic nitrogens is 3. The van der Waals surface area contributed by atoms with Crippen LogP contribution in [0.25, 0.3) is 11.3 Å². The summed E-state index contributed by atoms with van der Waals surface area (Å²) in [5.41, 5.74) is 1.35. The molecule has 0 aliphatic heterocycles. The highest BCUT2D eigenvalue weighted by Crippen LogP contribution is 2.23. The van der Waals surface area contributed by atoms with Crippen LogP contribution in [-0.2, 0) is 6.61 Å². The van der Waals surface area contributed by atoms with Crippen molar-refractivity contribution in [2.24, 2.45) is 0 Å². The lowest BCUT2D eigenvalue weighted by Crippen LogP contribution is -2.34. The Kier molecular flexibility index (Phi) is 5.52. The van der Waals surface area contributed by atoms with Crippen LogP contribution in [-0.4, -0.2) is 33.8 Å². The highest BCUT2D eigenvalue weighted by atomic mass is 19.4. The highest BCUT2D eigenvalue weighted by Gasteiger charge is 2.28. The molecule has 1 amide bonds. The minimum atomic E-state index is -4.52. The van der Waals surface area contributed by atoms with Crippen molar-refractivity contribution in [1.29, 1.82) is 0 Å². The molecule has 3 aromatic rings. The van der Waals surface area contributed by atoms with E-state index in [4.69, 9.17) is 9.26 Å². The van der Waals surface area contributed by atoms with Crippen molar-refractivity contribution in [1.82, 2.24) is 20.4 Å². The summed E-state index contributed by atoms with van der Waals surface area (Å²) in [7, 11) is 0. The fourth-order valence-corrected chi connectivity index (χ4v) is 2.14. The van der Waals surface area contributed by atoms with Gasteiger partial charge < -0.3 is 14.6 Å². The molecule has 1 N–H and O–H groups in total. The summed E-state index contributed by atoms with van der Waals surface area (Å²) >= 11 is 0. The van der Waals surface area contributed by atoms with Crippen molar-refractivity contribution in [2.75, 3.05) is 6.54 Å². The normalized spacial score (nSPS) is 11.3. The molecule has 0 unspecified atom stereocenters. The molecular formula is C17H12F4N4O3. The van der Waals surface area contributed by atoms with Gasteiger partial charge in [0.25, 0.3) is 5.91 Å². The van der Waals surface area contributed by atoms with E-state index >= 15 is 0 Å². The fourth-order valence-electron chi connectivity index (χ4n) is 2.14. The van der Waals surface area contributed by atoms with Crippen molar-refractivity contribution in [3.63, 3.8) is 0 Å². The van der Waals surface area contributed by atoms with Crippen LogP contribution in [0.5, 0.6) is 5.88 Å². The molecule has 0 atom stereocenters. The van der Waals surface area contributed by atoms with E-state index in [2.05, 4.69) is 15.1 Å². The summed E-state index contributed by atoms with van der Waals surface area (Å²) in [5.74, 6) is -1.35. The standard InChI is InChI=1S/C17H12F4N4O3/c18-12-3-1-10(2-4-12)15-11(8-28-25-15)7-27-14-6-22-13(5-23-14)16(26)24-9-17(19,20)21/h1-6,8H,7,9H2,(H,24,26). The number of carbonyl (C=O) groups excluding carboxylic acids is 1. The second kappa shape index (κ2) is 8.03. The van der Waals surface area contributed by atoms with E-state index in [1.54, 1.807) is 5.32 Å². The first kappa shape index (κ1) is 19.3. The minimum absolute atomic E-state index is 0.00942. The first-order valence-corrected chi connectivity index (χ1v) is 7.81. The zero-order valence-corrected chi connectivity index (χ0v) is 14.0. The van der Waals surface area contributed by atoms with Crippen LogP contribution in [0.1, 0.15) is 16.1 Å². The number of halogens is 4. The lowest BCUT2D eigenvalue weighted by atomic mass is 10.1. The molecule has 1 aromatic carbocycles. The molecule has 2 heterocycles. The highest BCUT2D eigenvalue weighted by molar-refractivity contribution is 5.91. The predicted molar refractivity (Wildman–Crippen MR) is 86.6 cm³/mol. The van der Waals surface area contributed by atoms with E-state index in [0.29, 0.717) is 16.8 Å². The molecule has 0 fully saturated rings. The van der Waals surface area contributed by atoms with Crippen LogP contribution in [0.4, 0.5) is 17.6 Å². The summed E-state index contributed by atoms with van der Waals surface area (Å²) in [6, 6.07) is 5.63. The van der Waals surface area contributed by atoms with Gasteiger partial charge in [-0.3, -0.25) is 4.79 Å². The molecule has 2 aromatic heterocycles. The van der Waals surface area contributed by atoms with Crippen molar-refractivity contribution in [2.45, 2.75) is 12.8 Å². The maximum absolute atomic E-state index is 13.0. The number of carbonyl (C=O) groups is 1. The maximum atomic E-state index is 13.0. The van der Waals surface area contributed by atoms with E-state index in [0.717, 1.165) is 12.4 Å². The zero-order valence-electron chi connectivity index (χ0n) is 14.0. The number of rotatable bonds is 6. The average Bonchev–Trinajstić information content (AvgIpc) is 3.13. The second-order valence-electron chi connectivity index (χ2n) is 5.52. The zero-order chi connectivity index (χ0) is 20.1. The monoisotopic (exact) mass is 396 g/mol. The number of nitrogens with zero attached hydrogens (tertiary/aromatic N) is 3.